The minimum atomic E-state index is -1.47. The van der Waals surface area contributed by atoms with Crippen molar-refractivity contribution >= 4 is 17.6 Å². The van der Waals surface area contributed by atoms with Crippen molar-refractivity contribution in [2.75, 3.05) is 20.8 Å². The van der Waals surface area contributed by atoms with Crippen molar-refractivity contribution in [2.24, 2.45) is 0 Å². The first-order chi connectivity index (χ1) is 14.3. The minimum absolute atomic E-state index is 0.127. The lowest BCUT2D eigenvalue weighted by Crippen LogP contribution is -2.48. The van der Waals surface area contributed by atoms with E-state index in [0.717, 1.165) is 6.42 Å². The zero-order chi connectivity index (χ0) is 22.3. The fraction of sp³-hybridized carbons (Fsp3) is 0.409. The minimum Gasteiger partial charge on any atom is -0.495 e. The van der Waals surface area contributed by atoms with E-state index in [-0.39, 0.29) is 25.2 Å². The molecule has 0 saturated heterocycles. The molecule has 0 amide bonds. The SMILES string of the molecule is CCCCC(CCOC)(C(=O)O)n1cc(OC)c(-c2cc(Cl)ccc2C#N)cc1=O. The van der Waals surface area contributed by atoms with Gasteiger partial charge in [0.2, 0.25) is 0 Å². The highest BCUT2D eigenvalue weighted by molar-refractivity contribution is 6.31. The van der Waals surface area contributed by atoms with Gasteiger partial charge in [-0.2, -0.15) is 5.26 Å². The highest BCUT2D eigenvalue weighted by Gasteiger charge is 2.41. The largest absolute Gasteiger partial charge is 0.495 e. The van der Waals surface area contributed by atoms with Gasteiger partial charge in [0.05, 0.1) is 24.9 Å². The summed E-state index contributed by atoms with van der Waals surface area (Å²) in [6.07, 6.45) is 3.20. The van der Waals surface area contributed by atoms with E-state index in [9.17, 15) is 20.0 Å². The molecule has 1 aromatic carbocycles. The second-order valence-electron chi connectivity index (χ2n) is 6.95. The van der Waals surface area contributed by atoms with Gasteiger partial charge in [-0.15, -0.1) is 0 Å². The summed E-state index contributed by atoms with van der Waals surface area (Å²) in [6, 6.07) is 8.09. The van der Waals surface area contributed by atoms with Crippen molar-refractivity contribution in [3.05, 3.63) is 51.4 Å². The molecule has 7 nitrogen and oxygen atoms in total. The Kier molecular flexibility index (Phi) is 8.04. The van der Waals surface area contributed by atoms with E-state index in [4.69, 9.17) is 21.1 Å². The Morgan fingerprint density at radius 1 is 1.27 bits per heavy atom. The molecule has 1 atom stereocenters. The zero-order valence-electron chi connectivity index (χ0n) is 17.3. The fourth-order valence-corrected chi connectivity index (χ4v) is 3.65. The highest BCUT2D eigenvalue weighted by atomic mass is 35.5. The number of hydrogen-bond acceptors (Lipinski definition) is 5. The van der Waals surface area contributed by atoms with E-state index in [1.54, 1.807) is 18.2 Å². The van der Waals surface area contributed by atoms with Crippen LogP contribution in [0.1, 0.15) is 38.2 Å². The van der Waals surface area contributed by atoms with Gasteiger partial charge >= 0.3 is 5.97 Å². The number of methoxy groups -OCH3 is 2. The standard InChI is InChI=1S/C22H25ClN2O5/c1-4-5-8-22(21(27)28,9-10-29-2)25-14-19(30-3)18(12-20(25)26)17-11-16(23)7-6-15(17)13-24/h6-7,11-12,14H,4-5,8-10H2,1-3H3,(H,27,28). The van der Waals surface area contributed by atoms with Gasteiger partial charge in [0.15, 0.2) is 0 Å². The Balaban J connectivity index is 2.76. The van der Waals surface area contributed by atoms with E-state index in [1.165, 1.54) is 31.0 Å². The third kappa shape index (κ3) is 4.66. The lowest BCUT2D eigenvalue weighted by molar-refractivity contribution is -0.149. The smallest absolute Gasteiger partial charge is 0.330 e. The molecule has 30 heavy (non-hydrogen) atoms. The van der Waals surface area contributed by atoms with Gasteiger partial charge in [-0.3, -0.25) is 9.36 Å². The number of unbranched alkanes of at least 4 members (excludes halogenated alkanes) is 1. The number of ether oxygens (including phenoxy) is 2. The van der Waals surface area contributed by atoms with Crippen LogP contribution in [0.15, 0.2) is 35.3 Å². The number of aliphatic carboxylic acids is 1. The monoisotopic (exact) mass is 432 g/mol. The van der Waals surface area contributed by atoms with Crippen molar-refractivity contribution in [1.29, 1.82) is 5.26 Å². The summed E-state index contributed by atoms with van der Waals surface area (Å²) in [7, 11) is 2.91. The van der Waals surface area contributed by atoms with Crippen molar-refractivity contribution in [1.82, 2.24) is 4.57 Å². The van der Waals surface area contributed by atoms with Gasteiger partial charge in [-0.25, -0.2) is 4.79 Å². The number of carbonyl (C=O) groups is 1. The number of nitriles is 1. The molecule has 0 aliphatic carbocycles. The first-order valence-electron chi connectivity index (χ1n) is 9.58. The van der Waals surface area contributed by atoms with Gasteiger partial charge in [-0.05, 0) is 24.6 Å². The maximum absolute atomic E-state index is 13.1. The number of rotatable bonds is 10. The van der Waals surface area contributed by atoms with Gasteiger partial charge in [0.1, 0.15) is 11.3 Å². The Bertz CT molecular complexity index is 1000. The summed E-state index contributed by atoms with van der Waals surface area (Å²) in [5.74, 6) is -0.835. The number of aromatic nitrogens is 1. The van der Waals surface area contributed by atoms with Crippen LogP contribution >= 0.6 is 11.6 Å². The molecular weight excluding hydrogens is 408 g/mol. The molecule has 0 aliphatic rings. The van der Waals surface area contributed by atoms with Crippen LogP contribution in [0.3, 0.4) is 0 Å². The Labute approximate surface area is 180 Å². The van der Waals surface area contributed by atoms with Crippen molar-refractivity contribution < 1.29 is 19.4 Å². The lowest BCUT2D eigenvalue weighted by Gasteiger charge is -2.32. The second-order valence-corrected chi connectivity index (χ2v) is 7.38. The number of carboxylic acids is 1. The van der Waals surface area contributed by atoms with Gasteiger partial charge < -0.3 is 14.6 Å². The van der Waals surface area contributed by atoms with Crippen molar-refractivity contribution in [3.63, 3.8) is 0 Å². The van der Waals surface area contributed by atoms with E-state index < -0.39 is 17.1 Å². The molecule has 0 fully saturated rings. The molecule has 1 unspecified atom stereocenters. The third-order valence-corrected chi connectivity index (χ3v) is 5.39. The highest BCUT2D eigenvalue weighted by Crippen LogP contribution is 2.35. The number of carboxylic acid groups (broad SMARTS) is 1. The summed E-state index contributed by atoms with van der Waals surface area (Å²) < 4.78 is 11.8. The number of benzene rings is 1. The van der Waals surface area contributed by atoms with Gasteiger partial charge in [-0.1, -0.05) is 31.4 Å². The molecule has 1 aromatic heterocycles. The first kappa shape index (κ1) is 23.5. The molecular formula is C22H25ClN2O5. The van der Waals surface area contributed by atoms with E-state index >= 15 is 0 Å². The summed E-state index contributed by atoms with van der Waals surface area (Å²) in [5, 5.41) is 20.0. The zero-order valence-corrected chi connectivity index (χ0v) is 18.0. The molecule has 2 rings (SSSR count). The lowest BCUT2D eigenvalue weighted by atomic mass is 9.88. The van der Waals surface area contributed by atoms with Crippen LogP contribution in [-0.2, 0) is 15.1 Å². The Hall–Kier alpha value is -2.82. The summed E-state index contributed by atoms with van der Waals surface area (Å²) in [6.45, 7) is 2.14. The number of pyridine rings is 1. The molecule has 0 saturated carbocycles. The molecule has 0 bridgehead atoms. The maximum atomic E-state index is 13.1. The number of halogens is 1. The van der Waals surface area contributed by atoms with E-state index in [2.05, 4.69) is 6.07 Å². The van der Waals surface area contributed by atoms with Crippen LogP contribution in [0.2, 0.25) is 5.02 Å². The molecule has 1 heterocycles. The Morgan fingerprint density at radius 2 is 2.00 bits per heavy atom. The molecule has 0 spiro atoms. The maximum Gasteiger partial charge on any atom is 0.330 e. The average molecular weight is 433 g/mol. The van der Waals surface area contributed by atoms with Crippen molar-refractivity contribution in [2.45, 2.75) is 38.1 Å². The van der Waals surface area contributed by atoms with Crippen LogP contribution in [-0.4, -0.2) is 36.5 Å². The number of nitrogens with zero attached hydrogens (tertiary/aromatic N) is 2. The fourth-order valence-electron chi connectivity index (χ4n) is 3.48. The van der Waals surface area contributed by atoms with Gasteiger partial charge in [0, 0.05) is 42.4 Å². The molecule has 8 heteroatoms. The van der Waals surface area contributed by atoms with Crippen molar-refractivity contribution in [3.8, 4) is 22.9 Å². The van der Waals surface area contributed by atoms with E-state index in [1.807, 2.05) is 6.92 Å². The van der Waals surface area contributed by atoms with Crippen LogP contribution in [0.4, 0.5) is 0 Å². The molecule has 2 aromatic rings. The molecule has 160 valence electrons. The summed E-state index contributed by atoms with van der Waals surface area (Å²) in [5.41, 5.74) is -0.841. The Morgan fingerprint density at radius 3 is 2.57 bits per heavy atom. The quantitative estimate of drug-likeness (QED) is 0.607. The van der Waals surface area contributed by atoms with E-state index in [0.29, 0.717) is 28.1 Å². The van der Waals surface area contributed by atoms with Crippen LogP contribution < -0.4 is 10.3 Å². The molecule has 0 aliphatic heterocycles. The van der Waals surface area contributed by atoms with Crippen LogP contribution in [0, 0.1) is 11.3 Å². The van der Waals surface area contributed by atoms with Crippen LogP contribution in [0.25, 0.3) is 11.1 Å². The van der Waals surface area contributed by atoms with Crippen LogP contribution in [0.5, 0.6) is 5.75 Å². The van der Waals surface area contributed by atoms with Gasteiger partial charge in [0.25, 0.3) is 5.56 Å². The third-order valence-electron chi connectivity index (χ3n) is 5.15. The molecule has 1 N–H and O–H groups in total. The average Bonchev–Trinajstić information content (AvgIpc) is 2.74. The molecule has 0 radical (unpaired) electrons. The normalized spacial score (nSPS) is 12.8. The first-order valence-corrected chi connectivity index (χ1v) is 9.96. The number of hydrogen-bond donors (Lipinski definition) is 1. The predicted octanol–water partition coefficient (Wildman–Crippen LogP) is 4.06. The summed E-state index contributed by atoms with van der Waals surface area (Å²) >= 11 is 6.09. The predicted molar refractivity (Wildman–Crippen MR) is 114 cm³/mol. The topological polar surface area (TPSA) is 102 Å². The summed E-state index contributed by atoms with van der Waals surface area (Å²) in [4.78, 5) is 25.5. The second kappa shape index (κ2) is 10.3.